The van der Waals surface area contributed by atoms with E-state index in [1.165, 1.54) is 0 Å². The van der Waals surface area contributed by atoms with Crippen molar-refractivity contribution in [3.8, 4) is 11.5 Å². The molecule has 0 saturated carbocycles. The molecule has 0 fully saturated rings. The predicted molar refractivity (Wildman–Crippen MR) is 89.2 cm³/mol. The number of hydrogen-bond donors (Lipinski definition) is 3. The summed E-state index contributed by atoms with van der Waals surface area (Å²) in [7, 11) is 0. The third kappa shape index (κ3) is 3.40. The summed E-state index contributed by atoms with van der Waals surface area (Å²) in [6.45, 7) is 1.90. The Hall–Kier alpha value is -3.22. The number of anilines is 2. The van der Waals surface area contributed by atoms with Crippen LogP contribution >= 0.6 is 0 Å². The molecule has 7 nitrogen and oxygen atoms in total. The SMILES string of the molecule is C[C@@H](Nc1cccc(C(N)=O)c1)C(=O)Nc1ccc2c(c1)OCO2. The van der Waals surface area contributed by atoms with Crippen molar-refractivity contribution in [2.24, 2.45) is 5.73 Å². The number of benzene rings is 2. The Labute approximate surface area is 138 Å². The van der Waals surface area contributed by atoms with E-state index in [1.54, 1.807) is 49.4 Å². The molecule has 1 atom stereocenters. The lowest BCUT2D eigenvalue weighted by molar-refractivity contribution is -0.116. The highest BCUT2D eigenvalue weighted by atomic mass is 16.7. The molecule has 1 aliphatic rings. The Bertz CT molecular complexity index is 791. The molecule has 0 aliphatic carbocycles. The highest BCUT2D eigenvalue weighted by Gasteiger charge is 2.17. The number of carbonyl (C=O) groups excluding carboxylic acids is 2. The molecule has 0 unspecified atom stereocenters. The van der Waals surface area contributed by atoms with Crippen molar-refractivity contribution in [3.05, 3.63) is 48.0 Å². The number of hydrogen-bond acceptors (Lipinski definition) is 5. The Morgan fingerprint density at radius 1 is 1.08 bits per heavy atom. The second kappa shape index (κ2) is 6.49. The second-order valence-electron chi connectivity index (χ2n) is 5.37. The van der Waals surface area contributed by atoms with Crippen LogP contribution < -0.4 is 25.8 Å². The van der Waals surface area contributed by atoms with Gasteiger partial charge in [0.25, 0.3) is 0 Å². The molecule has 4 N–H and O–H groups in total. The number of nitrogens with two attached hydrogens (primary N) is 1. The third-order valence-corrected chi connectivity index (χ3v) is 3.56. The molecule has 0 bridgehead atoms. The smallest absolute Gasteiger partial charge is 0.248 e. The van der Waals surface area contributed by atoms with Crippen LogP contribution in [0.25, 0.3) is 0 Å². The summed E-state index contributed by atoms with van der Waals surface area (Å²) in [4.78, 5) is 23.5. The van der Waals surface area contributed by atoms with Crippen molar-refractivity contribution in [3.63, 3.8) is 0 Å². The Kier molecular flexibility index (Phi) is 4.24. The minimum absolute atomic E-state index is 0.181. The van der Waals surface area contributed by atoms with Crippen LogP contribution in [0.3, 0.4) is 0 Å². The molecule has 0 saturated heterocycles. The van der Waals surface area contributed by atoms with Gasteiger partial charge in [0.1, 0.15) is 6.04 Å². The summed E-state index contributed by atoms with van der Waals surface area (Å²) < 4.78 is 10.5. The van der Waals surface area contributed by atoms with Gasteiger partial charge in [-0.3, -0.25) is 9.59 Å². The molecular formula is C17H17N3O4. The van der Waals surface area contributed by atoms with Gasteiger partial charge in [0, 0.05) is 23.0 Å². The zero-order chi connectivity index (χ0) is 17.1. The van der Waals surface area contributed by atoms with Gasteiger partial charge in [0.2, 0.25) is 18.6 Å². The quantitative estimate of drug-likeness (QED) is 0.779. The molecule has 7 heteroatoms. The number of primary amides is 1. The van der Waals surface area contributed by atoms with Crippen LogP contribution in [0.4, 0.5) is 11.4 Å². The van der Waals surface area contributed by atoms with Crippen molar-refractivity contribution < 1.29 is 19.1 Å². The van der Waals surface area contributed by atoms with Crippen molar-refractivity contribution in [2.75, 3.05) is 17.4 Å². The first-order chi connectivity index (χ1) is 11.5. The van der Waals surface area contributed by atoms with Gasteiger partial charge in [-0.15, -0.1) is 0 Å². The predicted octanol–water partition coefficient (Wildman–Crippen LogP) is 1.95. The van der Waals surface area contributed by atoms with E-state index in [1.807, 2.05) is 0 Å². The van der Waals surface area contributed by atoms with E-state index in [-0.39, 0.29) is 12.7 Å². The van der Waals surface area contributed by atoms with E-state index < -0.39 is 11.9 Å². The fraction of sp³-hybridized carbons (Fsp3) is 0.176. The van der Waals surface area contributed by atoms with Crippen LogP contribution in [0.5, 0.6) is 11.5 Å². The van der Waals surface area contributed by atoms with E-state index in [2.05, 4.69) is 10.6 Å². The molecule has 124 valence electrons. The molecule has 1 aliphatic heterocycles. The number of amides is 2. The van der Waals surface area contributed by atoms with Crippen LogP contribution in [0, 0.1) is 0 Å². The van der Waals surface area contributed by atoms with Crippen molar-refractivity contribution >= 4 is 23.2 Å². The lowest BCUT2D eigenvalue weighted by Gasteiger charge is -2.16. The fourth-order valence-electron chi connectivity index (χ4n) is 2.30. The van der Waals surface area contributed by atoms with Crippen LogP contribution in [-0.2, 0) is 4.79 Å². The lowest BCUT2D eigenvalue weighted by Crippen LogP contribution is -2.31. The highest BCUT2D eigenvalue weighted by Crippen LogP contribution is 2.34. The molecule has 2 amide bonds. The highest BCUT2D eigenvalue weighted by molar-refractivity contribution is 5.97. The van der Waals surface area contributed by atoms with Crippen LogP contribution in [0.15, 0.2) is 42.5 Å². The summed E-state index contributed by atoms with van der Waals surface area (Å²) in [6, 6.07) is 11.4. The average Bonchev–Trinajstić information content (AvgIpc) is 3.02. The topological polar surface area (TPSA) is 103 Å². The van der Waals surface area contributed by atoms with Gasteiger partial charge in [0.15, 0.2) is 11.5 Å². The molecule has 0 radical (unpaired) electrons. The minimum atomic E-state index is -0.517. The van der Waals surface area contributed by atoms with Crippen molar-refractivity contribution in [1.82, 2.24) is 0 Å². The van der Waals surface area contributed by atoms with E-state index in [0.717, 1.165) is 0 Å². The fourth-order valence-corrected chi connectivity index (χ4v) is 2.30. The molecule has 2 aromatic rings. The standard InChI is InChI=1S/C17H17N3O4/c1-10(19-12-4-2-3-11(7-12)16(18)21)17(22)20-13-5-6-14-15(8-13)24-9-23-14/h2-8,10,19H,9H2,1H3,(H2,18,21)(H,20,22)/t10-/m1/s1. The van der Waals surface area contributed by atoms with Crippen LogP contribution in [0.1, 0.15) is 17.3 Å². The largest absolute Gasteiger partial charge is 0.454 e. The molecule has 1 heterocycles. The van der Waals surface area contributed by atoms with E-state index >= 15 is 0 Å². The van der Waals surface area contributed by atoms with E-state index in [4.69, 9.17) is 15.2 Å². The van der Waals surface area contributed by atoms with Gasteiger partial charge in [-0.1, -0.05) is 6.07 Å². The minimum Gasteiger partial charge on any atom is -0.454 e. The Balaban J connectivity index is 1.64. The first kappa shape index (κ1) is 15.7. The first-order valence-electron chi connectivity index (χ1n) is 7.40. The summed E-state index contributed by atoms with van der Waals surface area (Å²) in [5.74, 6) is 0.513. The second-order valence-corrected chi connectivity index (χ2v) is 5.37. The molecule has 24 heavy (non-hydrogen) atoms. The first-order valence-corrected chi connectivity index (χ1v) is 7.40. The van der Waals surface area contributed by atoms with Crippen molar-refractivity contribution in [1.29, 1.82) is 0 Å². The number of fused-ring (bicyclic) bond motifs is 1. The number of rotatable bonds is 5. The van der Waals surface area contributed by atoms with Gasteiger partial charge in [-0.05, 0) is 37.3 Å². The third-order valence-electron chi connectivity index (χ3n) is 3.56. The van der Waals surface area contributed by atoms with Gasteiger partial charge in [-0.25, -0.2) is 0 Å². The maximum Gasteiger partial charge on any atom is 0.248 e. The molecule has 3 rings (SSSR count). The normalized spacial score (nSPS) is 13.2. The number of ether oxygens (including phenoxy) is 2. The van der Waals surface area contributed by atoms with Crippen molar-refractivity contribution in [2.45, 2.75) is 13.0 Å². The van der Waals surface area contributed by atoms with Gasteiger partial charge >= 0.3 is 0 Å². The number of nitrogens with one attached hydrogen (secondary N) is 2. The average molecular weight is 327 g/mol. The van der Waals surface area contributed by atoms with Gasteiger partial charge < -0.3 is 25.8 Å². The molecular weight excluding hydrogens is 310 g/mol. The Morgan fingerprint density at radius 2 is 1.88 bits per heavy atom. The van der Waals surface area contributed by atoms with Crippen LogP contribution in [-0.4, -0.2) is 24.6 Å². The zero-order valence-electron chi connectivity index (χ0n) is 13.0. The van der Waals surface area contributed by atoms with Gasteiger partial charge in [0.05, 0.1) is 0 Å². The molecule has 0 aromatic heterocycles. The van der Waals surface area contributed by atoms with Crippen LogP contribution in [0.2, 0.25) is 0 Å². The summed E-state index contributed by atoms with van der Waals surface area (Å²) in [6.07, 6.45) is 0. The summed E-state index contributed by atoms with van der Waals surface area (Å²) in [5, 5.41) is 5.83. The monoisotopic (exact) mass is 327 g/mol. The number of carbonyl (C=O) groups is 2. The van der Waals surface area contributed by atoms with E-state index in [0.29, 0.717) is 28.4 Å². The Morgan fingerprint density at radius 3 is 2.67 bits per heavy atom. The maximum atomic E-state index is 12.3. The maximum absolute atomic E-state index is 12.3. The summed E-state index contributed by atoms with van der Waals surface area (Å²) >= 11 is 0. The molecule has 2 aromatic carbocycles. The molecule has 0 spiro atoms. The zero-order valence-corrected chi connectivity index (χ0v) is 13.0. The lowest BCUT2D eigenvalue weighted by atomic mass is 10.1. The summed E-state index contributed by atoms with van der Waals surface area (Å²) in [5.41, 5.74) is 6.88. The van der Waals surface area contributed by atoms with Gasteiger partial charge in [-0.2, -0.15) is 0 Å². The van der Waals surface area contributed by atoms with E-state index in [9.17, 15) is 9.59 Å².